The maximum Gasteiger partial charge on any atom is 0.307 e. The lowest BCUT2D eigenvalue weighted by atomic mass is 9.95. The molecule has 0 saturated carbocycles. The Morgan fingerprint density at radius 1 is 1.47 bits per heavy atom. The average molecular weight is 213 g/mol. The van der Waals surface area contributed by atoms with E-state index in [-0.39, 0.29) is 12.0 Å². The highest BCUT2D eigenvalue weighted by Crippen LogP contribution is 2.25. The number of piperidine rings is 1. The Morgan fingerprint density at radius 3 is 2.87 bits per heavy atom. The summed E-state index contributed by atoms with van der Waals surface area (Å²) in [6.07, 6.45) is 3.14. The molecule has 2 aliphatic heterocycles. The fraction of sp³-hybridized carbons (Fsp3) is 0.909. The van der Waals surface area contributed by atoms with Gasteiger partial charge in [-0.3, -0.25) is 9.69 Å². The molecule has 0 spiro atoms. The third kappa shape index (κ3) is 2.32. The number of nitrogens with zero attached hydrogens (tertiary/aromatic N) is 1. The van der Waals surface area contributed by atoms with Crippen LogP contribution in [0.15, 0.2) is 0 Å². The predicted molar refractivity (Wildman–Crippen MR) is 55.8 cm³/mol. The first-order valence-corrected chi connectivity index (χ1v) is 5.77. The van der Waals surface area contributed by atoms with E-state index in [0.29, 0.717) is 12.6 Å². The molecule has 1 N–H and O–H groups in total. The summed E-state index contributed by atoms with van der Waals surface area (Å²) in [4.78, 5) is 13.2. The first-order chi connectivity index (χ1) is 7.18. The van der Waals surface area contributed by atoms with Crippen LogP contribution in [0, 0.1) is 5.92 Å². The molecule has 3 atom stereocenters. The second kappa shape index (κ2) is 4.49. The van der Waals surface area contributed by atoms with Gasteiger partial charge in [0.15, 0.2) is 0 Å². The molecule has 2 heterocycles. The van der Waals surface area contributed by atoms with Crippen LogP contribution in [0.5, 0.6) is 0 Å². The minimum Gasteiger partial charge on any atom is -0.481 e. The van der Waals surface area contributed by atoms with Crippen LogP contribution in [0.25, 0.3) is 0 Å². The monoisotopic (exact) mass is 213 g/mol. The van der Waals surface area contributed by atoms with Crippen molar-refractivity contribution in [2.45, 2.75) is 38.3 Å². The number of carboxylic acids is 1. The van der Waals surface area contributed by atoms with Crippen molar-refractivity contribution in [2.24, 2.45) is 5.92 Å². The summed E-state index contributed by atoms with van der Waals surface area (Å²) in [5.41, 5.74) is 0. The van der Waals surface area contributed by atoms with Crippen molar-refractivity contribution in [3.8, 4) is 0 Å². The highest BCUT2D eigenvalue weighted by atomic mass is 16.5. The van der Waals surface area contributed by atoms with Gasteiger partial charge in [-0.25, -0.2) is 0 Å². The van der Waals surface area contributed by atoms with Crippen molar-refractivity contribution in [1.82, 2.24) is 4.90 Å². The first kappa shape index (κ1) is 10.9. The summed E-state index contributed by atoms with van der Waals surface area (Å²) in [6, 6.07) is 0.437. The molecule has 0 aromatic carbocycles. The maximum atomic E-state index is 10.9. The molecule has 3 unspecified atom stereocenters. The standard InChI is InChI=1S/C11H19NO3/c1-8-10(4-6-15-8)12-5-2-3-9(7-12)11(13)14/h8-10H,2-7H2,1H3,(H,13,14). The fourth-order valence-corrected chi connectivity index (χ4v) is 2.71. The van der Waals surface area contributed by atoms with Gasteiger partial charge in [-0.2, -0.15) is 0 Å². The van der Waals surface area contributed by atoms with E-state index < -0.39 is 5.97 Å². The zero-order valence-corrected chi connectivity index (χ0v) is 9.19. The van der Waals surface area contributed by atoms with Crippen LogP contribution in [0.4, 0.5) is 0 Å². The lowest BCUT2D eigenvalue weighted by Gasteiger charge is -2.36. The Balaban J connectivity index is 1.94. The van der Waals surface area contributed by atoms with Crippen LogP contribution in [-0.2, 0) is 9.53 Å². The molecule has 2 fully saturated rings. The first-order valence-electron chi connectivity index (χ1n) is 5.77. The zero-order chi connectivity index (χ0) is 10.8. The molecule has 2 saturated heterocycles. The van der Waals surface area contributed by atoms with Gasteiger partial charge in [-0.05, 0) is 32.7 Å². The number of carbonyl (C=O) groups is 1. The summed E-state index contributed by atoms with van der Waals surface area (Å²) in [7, 11) is 0. The quantitative estimate of drug-likeness (QED) is 0.742. The van der Waals surface area contributed by atoms with Crippen LogP contribution in [-0.4, -0.2) is 47.8 Å². The average Bonchev–Trinajstić information content (AvgIpc) is 2.64. The number of aliphatic carboxylic acids is 1. The van der Waals surface area contributed by atoms with Crippen molar-refractivity contribution in [3.63, 3.8) is 0 Å². The van der Waals surface area contributed by atoms with E-state index in [9.17, 15) is 4.79 Å². The van der Waals surface area contributed by atoms with Gasteiger partial charge in [0.1, 0.15) is 0 Å². The summed E-state index contributed by atoms with van der Waals surface area (Å²) in [5.74, 6) is -0.821. The molecular weight excluding hydrogens is 194 g/mol. The molecule has 0 aliphatic carbocycles. The van der Waals surface area contributed by atoms with Crippen molar-refractivity contribution in [1.29, 1.82) is 0 Å². The smallest absolute Gasteiger partial charge is 0.307 e. The van der Waals surface area contributed by atoms with Gasteiger partial charge >= 0.3 is 5.97 Å². The molecule has 15 heavy (non-hydrogen) atoms. The number of likely N-dealkylation sites (tertiary alicyclic amines) is 1. The second-order valence-electron chi connectivity index (χ2n) is 4.60. The lowest BCUT2D eigenvalue weighted by Crippen LogP contribution is -2.47. The Kier molecular flexibility index (Phi) is 3.26. The van der Waals surface area contributed by atoms with Crippen molar-refractivity contribution < 1.29 is 14.6 Å². The van der Waals surface area contributed by atoms with E-state index in [4.69, 9.17) is 9.84 Å². The zero-order valence-electron chi connectivity index (χ0n) is 9.19. The Bertz CT molecular complexity index is 244. The molecule has 0 bridgehead atoms. The Morgan fingerprint density at radius 2 is 2.27 bits per heavy atom. The molecule has 4 nitrogen and oxygen atoms in total. The van der Waals surface area contributed by atoms with E-state index in [1.165, 1.54) is 0 Å². The number of carboxylic acid groups (broad SMARTS) is 1. The summed E-state index contributed by atoms with van der Waals surface area (Å²) < 4.78 is 5.53. The highest BCUT2D eigenvalue weighted by Gasteiger charge is 2.34. The highest BCUT2D eigenvalue weighted by molar-refractivity contribution is 5.70. The number of hydrogen-bond acceptors (Lipinski definition) is 3. The van der Waals surface area contributed by atoms with Gasteiger partial charge in [0.2, 0.25) is 0 Å². The predicted octanol–water partition coefficient (Wildman–Crippen LogP) is 0.960. The van der Waals surface area contributed by atoms with Gasteiger partial charge in [0.25, 0.3) is 0 Å². The van der Waals surface area contributed by atoms with Crippen molar-refractivity contribution in [2.75, 3.05) is 19.7 Å². The maximum absolute atomic E-state index is 10.9. The topological polar surface area (TPSA) is 49.8 Å². The number of hydrogen-bond donors (Lipinski definition) is 1. The van der Waals surface area contributed by atoms with E-state index in [1.54, 1.807) is 0 Å². The molecule has 0 radical (unpaired) electrons. The summed E-state index contributed by atoms with van der Waals surface area (Å²) in [6.45, 7) is 4.64. The number of rotatable bonds is 2. The van der Waals surface area contributed by atoms with Crippen molar-refractivity contribution >= 4 is 5.97 Å². The van der Waals surface area contributed by atoms with E-state index in [2.05, 4.69) is 11.8 Å². The minimum absolute atomic E-state index is 0.174. The normalized spacial score (nSPS) is 38.1. The van der Waals surface area contributed by atoms with Gasteiger partial charge in [-0.1, -0.05) is 0 Å². The molecule has 4 heteroatoms. The lowest BCUT2D eigenvalue weighted by molar-refractivity contribution is -0.144. The summed E-state index contributed by atoms with van der Waals surface area (Å²) >= 11 is 0. The molecule has 86 valence electrons. The fourth-order valence-electron chi connectivity index (χ4n) is 2.71. The Hall–Kier alpha value is -0.610. The third-order valence-electron chi connectivity index (χ3n) is 3.61. The van der Waals surface area contributed by atoms with Crippen molar-refractivity contribution in [3.05, 3.63) is 0 Å². The molecule has 2 rings (SSSR count). The SMILES string of the molecule is CC1OCCC1N1CCCC(C(=O)O)C1. The molecule has 0 amide bonds. The molecule has 2 aliphatic rings. The van der Waals surface area contributed by atoms with Crippen LogP contribution in [0.1, 0.15) is 26.2 Å². The Labute approximate surface area is 90.2 Å². The molecule has 0 aromatic rings. The summed E-state index contributed by atoms with van der Waals surface area (Å²) in [5, 5.41) is 9.01. The number of ether oxygens (including phenoxy) is 1. The molecular formula is C11H19NO3. The van der Waals surface area contributed by atoms with Crippen LogP contribution in [0.3, 0.4) is 0 Å². The van der Waals surface area contributed by atoms with Gasteiger partial charge in [0.05, 0.1) is 12.0 Å². The van der Waals surface area contributed by atoms with Crippen LogP contribution < -0.4 is 0 Å². The van der Waals surface area contributed by atoms with Crippen LogP contribution in [0.2, 0.25) is 0 Å². The van der Waals surface area contributed by atoms with Gasteiger partial charge in [-0.15, -0.1) is 0 Å². The van der Waals surface area contributed by atoms with Crippen LogP contribution >= 0.6 is 0 Å². The minimum atomic E-state index is -0.647. The largest absolute Gasteiger partial charge is 0.481 e. The molecule has 0 aromatic heterocycles. The van der Waals surface area contributed by atoms with E-state index in [1.807, 2.05) is 0 Å². The van der Waals surface area contributed by atoms with E-state index >= 15 is 0 Å². The van der Waals surface area contributed by atoms with E-state index in [0.717, 1.165) is 32.4 Å². The third-order valence-corrected chi connectivity index (χ3v) is 3.61. The second-order valence-corrected chi connectivity index (χ2v) is 4.60. The van der Waals surface area contributed by atoms with Gasteiger partial charge in [0, 0.05) is 19.2 Å². The van der Waals surface area contributed by atoms with Gasteiger partial charge < -0.3 is 9.84 Å².